The lowest BCUT2D eigenvalue weighted by atomic mass is 10.2. The van der Waals surface area contributed by atoms with Gasteiger partial charge in [0.1, 0.15) is 11.6 Å². The largest absolute Gasteiger partial charge is 0.369 e. The van der Waals surface area contributed by atoms with Gasteiger partial charge in [-0.1, -0.05) is 20.3 Å². The van der Waals surface area contributed by atoms with E-state index in [9.17, 15) is 0 Å². The minimum Gasteiger partial charge on any atom is -0.369 e. The molecule has 84 valence electrons. The quantitative estimate of drug-likeness (QED) is 0.818. The SMILES string of the molecule is CCCCc1ncc(I)c(NCCC)n1. The molecule has 0 aliphatic heterocycles. The van der Waals surface area contributed by atoms with Gasteiger partial charge in [0, 0.05) is 19.2 Å². The summed E-state index contributed by atoms with van der Waals surface area (Å²) in [6, 6.07) is 0. The van der Waals surface area contributed by atoms with Crippen LogP contribution in [0.15, 0.2) is 6.20 Å². The zero-order valence-electron chi connectivity index (χ0n) is 9.39. The molecule has 4 heteroatoms. The Balaban J connectivity index is 2.66. The van der Waals surface area contributed by atoms with Crippen molar-refractivity contribution in [3.63, 3.8) is 0 Å². The van der Waals surface area contributed by atoms with Crippen LogP contribution < -0.4 is 5.32 Å². The summed E-state index contributed by atoms with van der Waals surface area (Å²) >= 11 is 2.27. The number of nitrogens with one attached hydrogen (secondary N) is 1. The van der Waals surface area contributed by atoms with Crippen molar-refractivity contribution in [1.82, 2.24) is 9.97 Å². The number of aromatic nitrogens is 2. The lowest BCUT2D eigenvalue weighted by molar-refractivity contribution is 0.751. The van der Waals surface area contributed by atoms with Gasteiger partial charge in [-0.2, -0.15) is 0 Å². The second-order valence-corrected chi connectivity index (χ2v) is 4.68. The van der Waals surface area contributed by atoms with Crippen molar-refractivity contribution in [2.24, 2.45) is 0 Å². The molecule has 0 aromatic carbocycles. The number of unbranched alkanes of at least 4 members (excludes halogenated alkanes) is 1. The normalized spacial score (nSPS) is 10.3. The Hall–Kier alpha value is -0.390. The molecular formula is C11H18IN3. The van der Waals surface area contributed by atoms with E-state index in [1.807, 2.05) is 6.20 Å². The maximum atomic E-state index is 4.52. The molecule has 0 amide bonds. The van der Waals surface area contributed by atoms with Crippen molar-refractivity contribution in [2.75, 3.05) is 11.9 Å². The zero-order chi connectivity index (χ0) is 11.1. The molecule has 3 nitrogen and oxygen atoms in total. The Bertz CT molecular complexity index is 302. The van der Waals surface area contributed by atoms with Crippen molar-refractivity contribution < 1.29 is 0 Å². The van der Waals surface area contributed by atoms with E-state index in [0.29, 0.717) is 0 Å². The second kappa shape index (κ2) is 6.98. The van der Waals surface area contributed by atoms with Crippen LogP contribution in [-0.4, -0.2) is 16.5 Å². The Morgan fingerprint density at radius 1 is 1.33 bits per heavy atom. The standard InChI is InChI=1S/C11H18IN3/c1-3-5-6-10-14-8-9(12)11(15-10)13-7-4-2/h8H,3-7H2,1-2H3,(H,13,14,15). The van der Waals surface area contributed by atoms with Crippen molar-refractivity contribution in [2.45, 2.75) is 39.5 Å². The molecule has 0 spiro atoms. The molecular weight excluding hydrogens is 301 g/mol. The van der Waals surface area contributed by atoms with Gasteiger partial charge in [0.05, 0.1) is 3.57 Å². The number of rotatable bonds is 6. The maximum absolute atomic E-state index is 4.52. The van der Waals surface area contributed by atoms with Crippen molar-refractivity contribution in [3.05, 3.63) is 15.6 Å². The van der Waals surface area contributed by atoms with Gasteiger partial charge >= 0.3 is 0 Å². The molecule has 0 aliphatic rings. The predicted molar refractivity (Wildman–Crippen MR) is 72.1 cm³/mol. The first-order valence-electron chi connectivity index (χ1n) is 5.53. The third-order valence-corrected chi connectivity index (χ3v) is 2.88. The molecule has 0 fully saturated rings. The molecule has 0 atom stereocenters. The van der Waals surface area contributed by atoms with Crippen LogP contribution in [0, 0.1) is 3.57 Å². The molecule has 1 aromatic rings. The summed E-state index contributed by atoms with van der Waals surface area (Å²) in [5.41, 5.74) is 0. The highest BCUT2D eigenvalue weighted by atomic mass is 127. The first-order chi connectivity index (χ1) is 7.27. The van der Waals surface area contributed by atoms with Gasteiger partial charge in [-0.15, -0.1) is 0 Å². The van der Waals surface area contributed by atoms with E-state index in [1.165, 1.54) is 6.42 Å². The van der Waals surface area contributed by atoms with Crippen LogP contribution in [0.5, 0.6) is 0 Å². The highest BCUT2D eigenvalue weighted by Crippen LogP contribution is 2.14. The Morgan fingerprint density at radius 3 is 2.80 bits per heavy atom. The third kappa shape index (κ3) is 4.32. The number of hydrogen-bond acceptors (Lipinski definition) is 3. The first kappa shape index (κ1) is 12.7. The van der Waals surface area contributed by atoms with Gasteiger partial charge < -0.3 is 5.32 Å². The summed E-state index contributed by atoms with van der Waals surface area (Å²) in [5, 5.41) is 3.32. The fraction of sp³-hybridized carbons (Fsp3) is 0.636. The average Bonchev–Trinajstić information content (AvgIpc) is 2.26. The van der Waals surface area contributed by atoms with Gasteiger partial charge in [-0.05, 0) is 35.4 Å². The number of nitrogens with zero attached hydrogens (tertiary/aromatic N) is 2. The van der Waals surface area contributed by atoms with Crippen LogP contribution >= 0.6 is 22.6 Å². The van der Waals surface area contributed by atoms with Gasteiger partial charge in [-0.3, -0.25) is 0 Å². The molecule has 1 aromatic heterocycles. The minimum atomic E-state index is 0.955. The Kier molecular flexibility index (Phi) is 5.90. The summed E-state index contributed by atoms with van der Waals surface area (Å²) in [7, 11) is 0. The summed E-state index contributed by atoms with van der Waals surface area (Å²) in [5.74, 6) is 1.94. The van der Waals surface area contributed by atoms with Crippen molar-refractivity contribution in [1.29, 1.82) is 0 Å². The lowest BCUT2D eigenvalue weighted by Crippen LogP contribution is -2.07. The Labute approximate surface area is 105 Å². The summed E-state index contributed by atoms with van der Waals surface area (Å²) < 4.78 is 1.10. The summed E-state index contributed by atoms with van der Waals surface area (Å²) in [6.07, 6.45) is 6.34. The van der Waals surface area contributed by atoms with Gasteiger partial charge in [0.2, 0.25) is 0 Å². The molecule has 1 heterocycles. The lowest BCUT2D eigenvalue weighted by Gasteiger charge is -2.07. The van der Waals surface area contributed by atoms with E-state index in [4.69, 9.17) is 0 Å². The highest BCUT2D eigenvalue weighted by Gasteiger charge is 2.03. The van der Waals surface area contributed by atoms with E-state index < -0.39 is 0 Å². The summed E-state index contributed by atoms with van der Waals surface area (Å²) in [4.78, 5) is 8.84. The van der Waals surface area contributed by atoms with Crippen LogP contribution in [0.2, 0.25) is 0 Å². The first-order valence-corrected chi connectivity index (χ1v) is 6.61. The van der Waals surface area contributed by atoms with Crippen molar-refractivity contribution in [3.8, 4) is 0 Å². The Morgan fingerprint density at radius 2 is 2.13 bits per heavy atom. The average molecular weight is 319 g/mol. The third-order valence-electron chi connectivity index (χ3n) is 2.09. The van der Waals surface area contributed by atoms with E-state index in [-0.39, 0.29) is 0 Å². The fourth-order valence-electron chi connectivity index (χ4n) is 1.23. The fourth-order valence-corrected chi connectivity index (χ4v) is 1.68. The molecule has 0 saturated carbocycles. The maximum Gasteiger partial charge on any atom is 0.143 e. The van der Waals surface area contributed by atoms with Crippen molar-refractivity contribution >= 4 is 28.4 Å². The zero-order valence-corrected chi connectivity index (χ0v) is 11.5. The molecule has 0 unspecified atom stereocenters. The smallest absolute Gasteiger partial charge is 0.143 e. The number of aryl methyl sites for hydroxylation is 1. The summed E-state index contributed by atoms with van der Waals surface area (Å²) in [6.45, 7) is 5.31. The molecule has 1 N–H and O–H groups in total. The topological polar surface area (TPSA) is 37.8 Å². The number of anilines is 1. The van der Waals surface area contributed by atoms with Gasteiger partial charge in [-0.25, -0.2) is 9.97 Å². The monoisotopic (exact) mass is 319 g/mol. The van der Waals surface area contributed by atoms with Crippen LogP contribution in [0.25, 0.3) is 0 Å². The molecule has 1 rings (SSSR count). The molecule has 15 heavy (non-hydrogen) atoms. The number of hydrogen-bond donors (Lipinski definition) is 1. The van der Waals surface area contributed by atoms with Gasteiger partial charge in [0.15, 0.2) is 0 Å². The minimum absolute atomic E-state index is 0.955. The van der Waals surface area contributed by atoms with Crippen LogP contribution in [0.3, 0.4) is 0 Å². The molecule has 0 bridgehead atoms. The van der Waals surface area contributed by atoms with Gasteiger partial charge in [0.25, 0.3) is 0 Å². The van der Waals surface area contributed by atoms with E-state index >= 15 is 0 Å². The number of halogens is 1. The second-order valence-electron chi connectivity index (χ2n) is 3.51. The molecule has 0 aliphatic carbocycles. The highest BCUT2D eigenvalue weighted by molar-refractivity contribution is 14.1. The van der Waals surface area contributed by atoms with E-state index in [1.54, 1.807) is 0 Å². The van der Waals surface area contributed by atoms with Crippen LogP contribution in [0.4, 0.5) is 5.82 Å². The van der Waals surface area contributed by atoms with Crippen LogP contribution in [0.1, 0.15) is 38.9 Å². The van der Waals surface area contributed by atoms with E-state index in [2.05, 4.69) is 51.7 Å². The molecule has 0 saturated heterocycles. The van der Waals surface area contributed by atoms with Crippen LogP contribution in [-0.2, 0) is 6.42 Å². The molecule has 0 radical (unpaired) electrons. The predicted octanol–water partition coefficient (Wildman–Crippen LogP) is 3.25. The van der Waals surface area contributed by atoms with E-state index in [0.717, 1.165) is 41.0 Å².